The van der Waals surface area contributed by atoms with Crippen molar-refractivity contribution >= 4 is 41.9 Å². The fraction of sp³-hybridized carbons (Fsp3) is 0.455. The molecule has 1 saturated heterocycles. The van der Waals surface area contributed by atoms with Crippen LogP contribution < -0.4 is 5.32 Å². The van der Waals surface area contributed by atoms with E-state index in [2.05, 4.69) is 37.2 Å². The maximum atomic E-state index is 12.5. The van der Waals surface area contributed by atoms with Crippen LogP contribution in [0.25, 0.3) is 0 Å². The molecule has 1 aliphatic rings. The molecule has 0 aliphatic carbocycles. The average molecular weight is 398 g/mol. The molecule has 0 bridgehead atoms. The minimum absolute atomic E-state index is 0.241. The van der Waals surface area contributed by atoms with Crippen molar-refractivity contribution in [3.63, 3.8) is 0 Å². The van der Waals surface area contributed by atoms with Gasteiger partial charge in [-0.2, -0.15) is 4.31 Å². The van der Waals surface area contributed by atoms with Gasteiger partial charge in [0.2, 0.25) is 10.0 Å². The quantitative estimate of drug-likeness (QED) is 0.850. The normalized spacial score (nSPS) is 21.4. The van der Waals surface area contributed by atoms with Gasteiger partial charge in [0.15, 0.2) is 0 Å². The Balaban J connectivity index is 2.34. The highest BCUT2D eigenvalue weighted by atomic mass is 79.9. The molecule has 1 aliphatic heterocycles. The standard InChI is InChI=1S/C11H14Br2N2O2S/c1-14-9-4-5-15(7-9)18(16,17)11-6-8(12)2-3-10(11)13/h2-3,6,9,14H,4-5,7H2,1H3. The van der Waals surface area contributed by atoms with E-state index in [0.29, 0.717) is 22.5 Å². The largest absolute Gasteiger partial charge is 0.316 e. The zero-order valence-electron chi connectivity index (χ0n) is 9.86. The van der Waals surface area contributed by atoms with Gasteiger partial charge in [-0.3, -0.25) is 0 Å². The summed E-state index contributed by atoms with van der Waals surface area (Å²) in [6.45, 7) is 1.09. The SMILES string of the molecule is CNC1CCN(S(=O)(=O)c2cc(Br)ccc2Br)C1. The second kappa shape index (κ2) is 5.58. The summed E-state index contributed by atoms with van der Waals surface area (Å²) in [6.07, 6.45) is 0.849. The van der Waals surface area contributed by atoms with Crippen LogP contribution >= 0.6 is 31.9 Å². The third-order valence-electron chi connectivity index (χ3n) is 3.07. The lowest BCUT2D eigenvalue weighted by Gasteiger charge is -2.17. The Hall–Kier alpha value is 0.0500. The molecule has 1 heterocycles. The van der Waals surface area contributed by atoms with Crippen LogP contribution in [-0.2, 0) is 10.0 Å². The number of nitrogens with zero attached hydrogens (tertiary/aromatic N) is 1. The van der Waals surface area contributed by atoms with Gasteiger partial charge in [-0.1, -0.05) is 15.9 Å². The van der Waals surface area contributed by atoms with Crippen molar-refractivity contribution in [2.24, 2.45) is 0 Å². The van der Waals surface area contributed by atoms with Gasteiger partial charge in [-0.25, -0.2) is 8.42 Å². The van der Waals surface area contributed by atoms with Gasteiger partial charge in [0.25, 0.3) is 0 Å². The van der Waals surface area contributed by atoms with Crippen LogP contribution in [0.3, 0.4) is 0 Å². The van der Waals surface area contributed by atoms with Gasteiger partial charge in [0.1, 0.15) is 0 Å². The molecule has 1 atom stereocenters. The van der Waals surface area contributed by atoms with Crippen molar-refractivity contribution in [3.05, 3.63) is 27.1 Å². The van der Waals surface area contributed by atoms with Gasteiger partial charge in [-0.05, 0) is 47.6 Å². The number of hydrogen-bond acceptors (Lipinski definition) is 3. The fourth-order valence-corrected chi connectivity index (χ4v) is 4.96. The first kappa shape index (κ1) is 14.5. The lowest BCUT2D eigenvalue weighted by molar-refractivity contribution is 0.464. The number of nitrogens with one attached hydrogen (secondary N) is 1. The van der Waals surface area contributed by atoms with Crippen molar-refractivity contribution in [3.8, 4) is 0 Å². The molecule has 0 amide bonds. The smallest absolute Gasteiger partial charge is 0.244 e. The summed E-state index contributed by atoms with van der Waals surface area (Å²) < 4.78 is 27.9. The molecule has 0 aromatic heterocycles. The summed E-state index contributed by atoms with van der Waals surface area (Å²) in [7, 11) is -1.56. The van der Waals surface area contributed by atoms with Crippen molar-refractivity contribution < 1.29 is 8.42 Å². The molecule has 0 saturated carbocycles. The highest BCUT2D eigenvalue weighted by molar-refractivity contribution is 9.11. The zero-order valence-corrected chi connectivity index (χ0v) is 13.8. The van der Waals surface area contributed by atoms with E-state index < -0.39 is 10.0 Å². The van der Waals surface area contributed by atoms with Crippen molar-refractivity contribution in [1.29, 1.82) is 0 Å². The summed E-state index contributed by atoms with van der Waals surface area (Å²) in [5.74, 6) is 0. The molecule has 0 radical (unpaired) electrons. The van der Waals surface area contributed by atoms with Crippen LogP contribution in [0.2, 0.25) is 0 Å². The second-order valence-electron chi connectivity index (χ2n) is 4.21. The van der Waals surface area contributed by atoms with Gasteiger partial charge in [0, 0.05) is 28.1 Å². The molecule has 1 aromatic rings. The van der Waals surface area contributed by atoms with E-state index in [0.717, 1.165) is 10.9 Å². The van der Waals surface area contributed by atoms with E-state index in [-0.39, 0.29) is 6.04 Å². The monoisotopic (exact) mass is 396 g/mol. The maximum Gasteiger partial charge on any atom is 0.244 e. The summed E-state index contributed by atoms with van der Waals surface area (Å²) in [4.78, 5) is 0.314. The minimum Gasteiger partial charge on any atom is -0.316 e. The average Bonchev–Trinajstić information content (AvgIpc) is 2.81. The van der Waals surface area contributed by atoms with Crippen LogP contribution in [0.4, 0.5) is 0 Å². The molecule has 7 heteroatoms. The van der Waals surface area contributed by atoms with E-state index in [4.69, 9.17) is 0 Å². The van der Waals surface area contributed by atoms with Gasteiger partial charge in [0.05, 0.1) is 4.90 Å². The summed E-state index contributed by atoms with van der Waals surface area (Å²) in [5.41, 5.74) is 0. The Morgan fingerprint density at radius 1 is 1.39 bits per heavy atom. The second-order valence-corrected chi connectivity index (χ2v) is 7.89. The lowest BCUT2D eigenvalue weighted by Crippen LogP contribution is -2.33. The predicted octanol–water partition coefficient (Wildman–Crippen LogP) is 2.19. The lowest BCUT2D eigenvalue weighted by atomic mass is 10.3. The molecule has 1 aromatic carbocycles. The third-order valence-corrected chi connectivity index (χ3v) is 6.42. The van der Waals surface area contributed by atoms with Crippen molar-refractivity contribution in [1.82, 2.24) is 9.62 Å². The molecular weight excluding hydrogens is 384 g/mol. The molecule has 1 fully saturated rings. The predicted molar refractivity (Wildman–Crippen MR) is 78.1 cm³/mol. The van der Waals surface area contributed by atoms with Gasteiger partial charge in [-0.15, -0.1) is 0 Å². The topological polar surface area (TPSA) is 49.4 Å². The Labute approximate surface area is 124 Å². The maximum absolute atomic E-state index is 12.5. The number of hydrogen-bond donors (Lipinski definition) is 1. The van der Waals surface area contributed by atoms with Crippen LogP contribution in [0.1, 0.15) is 6.42 Å². The first-order chi connectivity index (χ1) is 8.45. The van der Waals surface area contributed by atoms with E-state index in [1.165, 1.54) is 4.31 Å². The van der Waals surface area contributed by atoms with Gasteiger partial charge < -0.3 is 5.32 Å². The Morgan fingerprint density at radius 2 is 2.11 bits per heavy atom. The summed E-state index contributed by atoms with van der Waals surface area (Å²) >= 11 is 6.61. The zero-order chi connectivity index (χ0) is 13.3. The number of halogens is 2. The highest BCUT2D eigenvalue weighted by Gasteiger charge is 2.33. The molecule has 100 valence electrons. The van der Waals surface area contributed by atoms with Crippen LogP contribution in [0.15, 0.2) is 32.0 Å². The number of likely N-dealkylation sites (N-methyl/N-ethyl adjacent to an activating group) is 1. The Morgan fingerprint density at radius 3 is 2.72 bits per heavy atom. The molecular formula is C11H14Br2N2O2S. The third kappa shape index (κ3) is 2.80. The molecule has 0 spiro atoms. The molecule has 4 nitrogen and oxygen atoms in total. The van der Waals surface area contributed by atoms with E-state index in [9.17, 15) is 8.42 Å². The first-order valence-electron chi connectivity index (χ1n) is 5.57. The van der Waals surface area contributed by atoms with Crippen LogP contribution in [0.5, 0.6) is 0 Å². The van der Waals surface area contributed by atoms with E-state index in [1.807, 2.05) is 13.1 Å². The van der Waals surface area contributed by atoms with Crippen molar-refractivity contribution in [2.75, 3.05) is 20.1 Å². The number of sulfonamides is 1. The highest BCUT2D eigenvalue weighted by Crippen LogP contribution is 2.29. The molecule has 1 unspecified atom stereocenters. The minimum atomic E-state index is -3.42. The van der Waals surface area contributed by atoms with Crippen LogP contribution in [-0.4, -0.2) is 38.9 Å². The Bertz CT molecular complexity index is 548. The van der Waals surface area contributed by atoms with Crippen LogP contribution in [0, 0.1) is 0 Å². The first-order valence-corrected chi connectivity index (χ1v) is 8.60. The van der Waals surface area contributed by atoms with E-state index in [1.54, 1.807) is 12.1 Å². The molecule has 2 rings (SSSR count). The summed E-state index contributed by atoms with van der Waals surface area (Å²) in [6, 6.07) is 5.42. The molecule has 1 N–H and O–H groups in total. The number of benzene rings is 1. The van der Waals surface area contributed by atoms with E-state index >= 15 is 0 Å². The van der Waals surface area contributed by atoms with Crippen molar-refractivity contribution in [2.45, 2.75) is 17.4 Å². The fourth-order valence-electron chi connectivity index (χ4n) is 2.00. The summed E-state index contributed by atoms with van der Waals surface area (Å²) in [5, 5.41) is 3.12. The molecule has 18 heavy (non-hydrogen) atoms. The Kier molecular flexibility index (Phi) is 4.48. The van der Waals surface area contributed by atoms with Gasteiger partial charge >= 0.3 is 0 Å². The number of rotatable bonds is 3.